The molecule has 154 valence electrons. The molecule has 2 fully saturated rings. The summed E-state index contributed by atoms with van der Waals surface area (Å²) in [7, 11) is 0. The number of carbonyl (C=O) groups excluding carboxylic acids is 2. The lowest BCUT2D eigenvalue weighted by atomic mass is 9.94. The van der Waals surface area contributed by atoms with Crippen LogP contribution in [0.15, 0.2) is 18.3 Å². The molecule has 1 aromatic rings. The Kier molecular flexibility index (Phi) is 6.41. The maximum Gasteiger partial charge on any atom is 0.422 e. The Bertz CT molecular complexity index is 697. The first-order valence-corrected chi connectivity index (χ1v) is 9.58. The Labute approximate surface area is 161 Å². The second kappa shape index (κ2) is 8.79. The van der Waals surface area contributed by atoms with E-state index in [1.54, 1.807) is 4.90 Å². The Hall–Kier alpha value is -2.32. The van der Waals surface area contributed by atoms with E-state index in [1.165, 1.54) is 18.3 Å². The Morgan fingerprint density at radius 3 is 2.39 bits per heavy atom. The maximum atomic E-state index is 12.8. The molecule has 0 aromatic carbocycles. The van der Waals surface area contributed by atoms with Crippen molar-refractivity contribution in [1.82, 2.24) is 14.8 Å². The first kappa shape index (κ1) is 20.4. The highest BCUT2D eigenvalue weighted by atomic mass is 19.4. The molecular weight excluding hydrogens is 375 g/mol. The van der Waals surface area contributed by atoms with Gasteiger partial charge in [0.2, 0.25) is 11.8 Å². The fourth-order valence-corrected chi connectivity index (χ4v) is 3.69. The minimum absolute atomic E-state index is 0.00700. The Balaban J connectivity index is 1.58. The fraction of sp³-hybridized carbons (Fsp3) is 0.632. The summed E-state index contributed by atoms with van der Waals surface area (Å²) in [6.45, 7) is 0.866. The van der Waals surface area contributed by atoms with Crippen LogP contribution in [-0.4, -0.2) is 65.6 Å². The van der Waals surface area contributed by atoms with Crippen LogP contribution in [0.1, 0.15) is 42.5 Å². The number of amides is 2. The quantitative estimate of drug-likeness (QED) is 0.781. The molecule has 0 aliphatic carbocycles. The highest BCUT2D eigenvalue weighted by Crippen LogP contribution is 2.25. The van der Waals surface area contributed by atoms with Gasteiger partial charge in [-0.2, -0.15) is 13.2 Å². The SMILES string of the molecule is O=C(c1cccnc1OCC(F)(F)F)N1CCC(C(=O)N2CCCCC2)CC1. The van der Waals surface area contributed by atoms with E-state index in [0.717, 1.165) is 32.4 Å². The monoisotopic (exact) mass is 399 g/mol. The third kappa shape index (κ3) is 5.14. The number of hydrogen-bond acceptors (Lipinski definition) is 4. The second-order valence-corrected chi connectivity index (χ2v) is 7.21. The van der Waals surface area contributed by atoms with E-state index in [0.29, 0.717) is 25.9 Å². The third-order valence-corrected chi connectivity index (χ3v) is 5.17. The van der Waals surface area contributed by atoms with Gasteiger partial charge in [-0.05, 0) is 44.2 Å². The lowest BCUT2D eigenvalue weighted by molar-refractivity contribution is -0.154. The van der Waals surface area contributed by atoms with Crippen molar-refractivity contribution in [2.24, 2.45) is 5.92 Å². The zero-order valence-corrected chi connectivity index (χ0v) is 15.6. The molecule has 2 aliphatic rings. The van der Waals surface area contributed by atoms with Crippen molar-refractivity contribution in [2.45, 2.75) is 38.3 Å². The summed E-state index contributed by atoms with van der Waals surface area (Å²) in [4.78, 5) is 32.6. The van der Waals surface area contributed by atoms with E-state index in [-0.39, 0.29) is 23.3 Å². The number of alkyl halides is 3. The molecule has 2 aliphatic heterocycles. The topological polar surface area (TPSA) is 62.7 Å². The Morgan fingerprint density at radius 2 is 1.75 bits per heavy atom. The minimum atomic E-state index is -4.51. The zero-order chi connectivity index (χ0) is 20.1. The summed E-state index contributed by atoms with van der Waals surface area (Å²) in [5.74, 6) is -0.690. The van der Waals surface area contributed by atoms with Crippen molar-refractivity contribution in [2.75, 3.05) is 32.8 Å². The molecule has 3 heterocycles. The highest BCUT2D eigenvalue weighted by Gasteiger charge is 2.33. The maximum absolute atomic E-state index is 12.8. The van der Waals surface area contributed by atoms with Crippen LogP contribution < -0.4 is 4.74 Å². The zero-order valence-electron chi connectivity index (χ0n) is 15.6. The molecule has 6 nitrogen and oxygen atoms in total. The predicted molar refractivity (Wildman–Crippen MR) is 94.8 cm³/mol. The van der Waals surface area contributed by atoms with Gasteiger partial charge in [0.15, 0.2) is 6.61 Å². The number of hydrogen-bond donors (Lipinski definition) is 0. The average molecular weight is 399 g/mol. The molecule has 0 spiro atoms. The number of likely N-dealkylation sites (tertiary alicyclic amines) is 2. The van der Waals surface area contributed by atoms with Crippen LogP contribution in [0.25, 0.3) is 0 Å². The van der Waals surface area contributed by atoms with Crippen molar-refractivity contribution < 1.29 is 27.5 Å². The minimum Gasteiger partial charge on any atom is -0.467 e. The van der Waals surface area contributed by atoms with Crippen LogP contribution in [0.3, 0.4) is 0 Å². The predicted octanol–water partition coefficient (Wildman–Crippen LogP) is 2.89. The molecule has 2 saturated heterocycles. The molecule has 0 radical (unpaired) electrons. The van der Waals surface area contributed by atoms with Gasteiger partial charge >= 0.3 is 6.18 Å². The Morgan fingerprint density at radius 1 is 1.07 bits per heavy atom. The van der Waals surface area contributed by atoms with Crippen LogP contribution in [0, 0.1) is 5.92 Å². The van der Waals surface area contributed by atoms with Gasteiger partial charge in [-0.15, -0.1) is 0 Å². The molecule has 0 saturated carbocycles. The van der Waals surface area contributed by atoms with Gasteiger partial charge in [0.05, 0.1) is 0 Å². The van der Waals surface area contributed by atoms with E-state index in [2.05, 4.69) is 4.98 Å². The number of aromatic nitrogens is 1. The number of carbonyl (C=O) groups is 2. The number of piperidine rings is 2. The highest BCUT2D eigenvalue weighted by molar-refractivity contribution is 5.96. The van der Waals surface area contributed by atoms with Crippen LogP contribution in [0.2, 0.25) is 0 Å². The molecule has 0 unspecified atom stereocenters. The number of rotatable bonds is 4. The fourth-order valence-electron chi connectivity index (χ4n) is 3.69. The molecule has 9 heteroatoms. The molecule has 3 rings (SSSR count). The van der Waals surface area contributed by atoms with Gasteiger partial charge < -0.3 is 14.5 Å². The van der Waals surface area contributed by atoms with Crippen LogP contribution in [0.5, 0.6) is 5.88 Å². The van der Waals surface area contributed by atoms with Crippen molar-refractivity contribution in [3.63, 3.8) is 0 Å². The van der Waals surface area contributed by atoms with E-state index in [4.69, 9.17) is 4.74 Å². The molecule has 2 amide bonds. The van der Waals surface area contributed by atoms with E-state index in [1.807, 2.05) is 4.90 Å². The molecule has 0 N–H and O–H groups in total. The lowest BCUT2D eigenvalue weighted by Gasteiger charge is -2.35. The van der Waals surface area contributed by atoms with Crippen LogP contribution in [-0.2, 0) is 4.79 Å². The molecule has 0 bridgehead atoms. The van der Waals surface area contributed by atoms with Crippen molar-refractivity contribution in [3.05, 3.63) is 23.9 Å². The smallest absolute Gasteiger partial charge is 0.422 e. The van der Waals surface area contributed by atoms with Gasteiger partial charge in [-0.3, -0.25) is 9.59 Å². The third-order valence-electron chi connectivity index (χ3n) is 5.17. The standard InChI is InChI=1S/C19H24F3N3O3/c20-19(21,22)13-28-16-15(5-4-8-23-16)18(27)25-11-6-14(7-12-25)17(26)24-9-2-1-3-10-24/h4-5,8,14H,1-3,6-7,9-13H2. The molecule has 0 atom stereocenters. The van der Waals surface area contributed by atoms with Crippen LogP contribution >= 0.6 is 0 Å². The van der Waals surface area contributed by atoms with Gasteiger partial charge in [-0.25, -0.2) is 4.98 Å². The summed E-state index contributed by atoms with van der Waals surface area (Å²) < 4.78 is 42.0. The summed E-state index contributed by atoms with van der Waals surface area (Å²) in [5.41, 5.74) is 0.00700. The number of nitrogens with zero attached hydrogens (tertiary/aromatic N) is 3. The summed E-state index contributed by atoms with van der Waals surface area (Å²) >= 11 is 0. The number of ether oxygens (including phenoxy) is 1. The van der Waals surface area contributed by atoms with Gasteiger partial charge in [-0.1, -0.05) is 0 Å². The summed E-state index contributed by atoms with van der Waals surface area (Å²) in [6, 6.07) is 2.90. The largest absolute Gasteiger partial charge is 0.467 e. The first-order chi connectivity index (χ1) is 13.3. The van der Waals surface area contributed by atoms with Crippen molar-refractivity contribution >= 4 is 11.8 Å². The van der Waals surface area contributed by atoms with Crippen molar-refractivity contribution in [1.29, 1.82) is 0 Å². The molecule has 28 heavy (non-hydrogen) atoms. The normalized spacial score (nSPS) is 18.8. The molecule has 1 aromatic heterocycles. The van der Waals surface area contributed by atoms with Crippen molar-refractivity contribution in [3.8, 4) is 5.88 Å². The summed E-state index contributed by atoms with van der Waals surface area (Å²) in [6.07, 6.45) is 1.10. The average Bonchev–Trinajstić information content (AvgIpc) is 2.71. The number of pyridine rings is 1. The van der Waals surface area contributed by atoms with E-state index in [9.17, 15) is 22.8 Å². The van der Waals surface area contributed by atoms with Gasteiger partial charge in [0.1, 0.15) is 5.56 Å². The molecular formula is C19H24F3N3O3. The first-order valence-electron chi connectivity index (χ1n) is 9.58. The lowest BCUT2D eigenvalue weighted by Crippen LogP contribution is -2.45. The van der Waals surface area contributed by atoms with Gasteiger partial charge in [0, 0.05) is 38.3 Å². The second-order valence-electron chi connectivity index (χ2n) is 7.21. The number of halogens is 3. The van der Waals surface area contributed by atoms with Gasteiger partial charge in [0.25, 0.3) is 5.91 Å². The van der Waals surface area contributed by atoms with Crippen LogP contribution in [0.4, 0.5) is 13.2 Å². The summed E-state index contributed by atoms with van der Waals surface area (Å²) in [5, 5.41) is 0. The van der Waals surface area contributed by atoms with E-state index >= 15 is 0 Å². The van der Waals surface area contributed by atoms with E-state index < -0.39 is 18.7 Å².